The molecule has 1 heterocycles. The van der Waals surface area contributed by atoms with Gasteiger partial charge in [0, 0.05) is 18.5 Å². The van der Waals surface area contributed by atoms with Crippen molar-refractivity contribution in [3.8, 4) is 5.75 Å². The van der Waals surface area contributed by atoms with Gasteiger partial charge in [-0.15, -0.1) is 0 Å². The highest BCUT2D eigenvalue weighted by Crippen LogP contribution is 2.31. The second-order valence-electron chi connectivity index (χ2n) is 7.31. The Morgan fingerprint density at radius 3 is 2.47 bits per heavy atom. The highest BCUT2D eigenvalue weighted by molar-refractivity contribution is 7.92. The molecule has 0 bridgehead atoms. The second-order valence-corrected chi connectivity index (χ2v) is 9.21. The minimum atomic E-state index is -3.55. The molecular formula is C24H28N2O5S. The zero-order chi connectivity index (χ0) is 23.0. The largest absolute Gasteiger partial charge is 0.492 e. The van der Waals surface area contributed by atoms with Crippen molar-refractivity contribution in [2.45, 2.75) is 26.3 Å². The van der Waals surface area contributed by atoms with Gasteiger partial charge in [0.1, 0.15) is 11.5 Å². The molecular weight excluding hydrogens is 428 g/mol. The van der Waals surface area contributed by atoms with Crippen LogP contribution < -0.4 is 14.4 Å². The lowest BCUT2D eigenvalue weighted by Gasteiger charge is -2.24. The number of benzene rings is 2. The van der Waals surface area contributed by atoms with Crippen LogP contribution in [0.3, 0.4) is 0 Å². The van der Waals surface area contributed by atoms with Gasteiger partial charge >= 0.3 is 0 Å². The maximum absolute atomic E-state index is 12.5. The van der Waals surface area contributed by atoms with Crippen LogP contribution in [0.15, 0.2) is 71.3 Å². The van der Waals surface area contributed by atoms with Gasteiger partial charge in [0.2, 0.25) is 10.0 Å². The van der Waals surface area contributed by atoms with Crippen molar-refractivity contribution >= 4 is 21.6 Å². The van der Waals surface area contributed by atoms with E-state index in [1.807, 2.05) is 19.1 Å². The number of nitrogens with one attached hydrogen (secondary N) is 1. The number of aryl methyl sites for hydroxylation is 1. The number of hydrogen-bond donors (Lipinski definition) is 1. The summed E-state index contributed by atoms with van der Waals surface area (Å²) in [5.41, 5.74) is 1.76. The van der Waals surface area contributed by atoms with Crippen LogP contribution >= 0.6 is 0 Å². The fraction of sp³-hybridized carbons (Fsp3) is 0.292. The molecule has 0 spiro atoms. The van der Waals surface area contributed by atoms with Crippen molar-refractivity contribution in [1.29, 1.82) is 0 Å². The molecule has 1 aromatic heterocycles. The van der Waals surface area contributed by atoms with Crippen LogP contribution in [-0.4, -0.2) is 33.7 Å². The highest BCUT2D eigenvalue weighted by atomic mass is 32.2. The Hall–Kier alpha value is -3.26. The molecule has 8 heteroatoms. The fourth-order valence-electron chi connectivity index (χ4n) is 3.27. The first-order valence-electron chi connectivity index (χ1n) is 10.5. The summed E-state index contributed by atoms with van der Waals surface area (Å²) >= 11 is 0. The van der Waals surface area contributed by atoms with Gasteiger partial charge in [0.25, 0.3) is 5.91 Å². The van der Waals surface area contributed by atoms with Gasteiger partial charge < -0.3 is 14.5 Å². The predicted octanol–water partition coefficient (Wildman–Crippen LogP) is 4.01. The minimum Gasteiger partial charge on any atom is -0.492 e. The van der Waals surface area contributed by atoms with Crippen molar-refractivity contribution in [1.82, 2.24) is 5.32 Å². The molecule has 0 unspecified atom stereocenters. The maximum atomic E-state index is 12.5. The topological polar surface area (TPSA) is 88.8 Å². The zero-order valence-electron chi connectivity index (χ0n) is 18.3. The van der Waals surface area contributed by atoms with Gasteiger partial charge in [-0.2, -0.15) is 0 Å². The maximum Gasteiger partial charge on any atom is 0.251 e. The van der Waals surface area contributed by atoms with Crippen LogP contribution in [0.2, 0.25) is 0 Å². The standard InChI is InChI=1S/C24H28N2O5S/c1-3-30-23-11-5-4-10-22(23)26(32(2,28)29)18-19-12-14-20(15-13-19)24(27)25-16-6-8-21-9-7-17-31-21/h4-5,7,9-15,17H,3,6,8,16,18H2,1-2H3,(H,25,27). The van der Waals surface area contributed by atoms with Gasteiger partial charge in [-0.3, -0.25) is 9.10 Å². The lowest BCUT2D eigenvalue weighted by molar-refractivity contribution is 0.0953. The molecule has 3 rings (SSSR count). The SMILES string of the molecule is CCOc1ccccc1N(Cc1ccc(C(=O)NCCCc2ccco2)cc1)S(C)(=O)=O. The molecule has 1 N–H and O–H groups in total. The molecule has 1 amide bonds. The van der Waals surface area contributed by atoms with Gasteiger partial charge in [-0.05, 0) is 55.3 Å². The van der Waals surface area contributed by atoms with Crippen LogP contribution in [-0.2, 0) is 23.0 Å². The number of para-hydroxylation sites is 2. The van der Waals surface area contributed by atoms with E-state index in [-0.39, 0.29) is 12.5 Å². The first kappa shape index (κ1) is 23.4. The van der Waals surface area contributed by atoms with Gasteiger partial charge in [0.15, 0.2) is 0 Å². The molecule has 0 aliphatic heterocycles. The van der Waals surface area contributed by atoms with Crippen LogP contribution in [0, 0.1) is 0 Å². The summed E-state index contributed by atoms with van der Waals surface area (Å²) in [6.07, 6.45) is 4.34. The summed E-state index contributed by atoms with van der Waals surface area (Å²) in [5, 5.41) is 2.89. The minimum absolute atomic E-state index is 0.133. The molecule has 0 aliphatic carbocycles. The van der Waals surface area contributed by atoms with E-state index in [2.05, 4.69) is 5.32 Å². The smallest absolute Gasteiger partial charge is 0.251 e. The number of rotatable bonds is 11. The van der Waals surface area contributed by atoms with E-state index in [1.165, 1.54) is 10.6 Å². The Bertz CT molecular complexity index is 1110. The van der Waals surface area contributed by atoms with Crippen molar-refractivity contribution in [2.75, 3.05) is 23.7 Å². The number of furan rings is 1. The average Bonchev–Trinajstić information content (AvgIpc) is 3.29. The molecule has 0 fully saturated rings. The number of anilines is 1. The average molecular weight is 457 g/mol. The second kappa shape index (κ2) is 10.9. The summed E-state index contributed by atoms with van der Waals surface area (Å²) in [5.74, 6) is 1.23. The third kappa shape index (κ3) is 6.37. The number of hydrogen-bond acceptors (Lipinski definition) is 5. The van der Waals surface area contributed by atoms with Crippen molar-refractivity contribution in [3.63, 3.8) is 0 Å². The molecule has 0 atom stereocenters. The number of nitrogens with zero attached hydrogens (tertiary/aromatic N) is 1. The molecule has 0 radical (unpaired) electrons. The van der Waals surface area contributed by atoms with E-state index in [0.29, 0.717) is 30.2 Å². The first-order valence-corrected chi connectivity index (χ1v) is 12.3. The van der Waals surface area contributed by atoms with Crippen LogP contribution in [0.1, 0.15) is 35.0 Å². The number of amides is 1. The number of carbonyl (C=O) groups excluding carboxylic acids is 1. The summed E-state index contributed by atoms with van der Waals surface area (Å²) in [6, 6.07) is 17.7. The van der Waals surface area contributed by atoms with Crippen LogP contribution in [0.5, 0.6) is 5.75 Å². The van der Waals surface area contributed by atoms with E-state index >= 15 is 0 Å². The molecule has 0 saturated heterocycles. The fourth-order valence-corrected chi connectivity index (χ4v) is 4.16. The molecule has 0 aliphatic rings. The van der Waals surface area contributed by atoms with Gasteiger partial charge in [-0.25, -0.2) is 8.42 Å². The molecule has 170 valence electrons. The summed E-state index contributed by atoms with van der Waals surface area (Å²) in [4.78, 5) is 12.4. The summed E-state index contributed by atoms with van der Waals surface area (Å²) in [6.45, 7) is 2.95. The van der Waals surface area contributed by atoms with Gasteiger partial charge in [-0.1, -0.05) is 24.3 Å². The monoisotopic (exact) mass is 456 g/mol. The van der Waals surface area contributed by atoms with Crippen molar-refractivity contribution < 1.29 is 22.4 Å². The van der Waals surface area contributed by atoms with E-state index < -0.39 is 10.0 Å². The van der Waals surface area contributed by atoms with E-state index in [9.17, 15) is 13.2 Å². The Kier molecular flexibility index (Phi) is 7.94. The zero-order valence-corrected chi connectivity index (χ0v) is 19.1. The van der Waals surface area contributed by atoms with Crippen LogP contribution in [0.25, 0.3) is 0 Å². The molecule has 3 aromatic rings. The molecule has 7 nitrogen and oxygen atoms in total. The Morgan fingerprint density at radius 2 is 1.81 bits per heavy atom. The Labute approximate surface area is 189 Å². The lowest BCUT2D eigenvalue weighted by Crippen LogP contribution is -2.30. The van der Waals surface area contributed by atoms with E-state index in [1.54, 1.807) is 54.8 Å². The molecule has 0 saturated carbocycles. The third-order valence-electron chi connectivity index (χ3n) is 4.84. The predicted molar refractivity (Wildman–Crippen MR) is 124 cm³/mol. The number of ether oxygens (including phenoxy) is 1. The summed E-state index contributed by atoms with van der Waals surface area (Å²) < 4.78 is 37.2. The summed E-state index contributed by atoms with van der Waals surface area (Å²) in [7, 11) is -3.55. The molecule has 2 aromatic carbocycles. The van der Waals surface area contributed by atoms with E-state index in [0.717, 1.165) is 24.2 Å². The van der Waals surface area contributed by atoms with E-state index in [4.69, 9.17) is 9.15 Å². The normalized spacial score (nSPS) is 11.2. The lowest BCUT2D eigenvalue weighted by atomic mass is 10.1. The number of carbonyl (C=O) groups is 1. The van der Waals surface area contributed by atoms with Crippen LogP contribution in [0.4, 0.5) is 5.69 Å². The molecule has 32 heavy (non-hydrogen) atoms. The number of sulfonamides is 1. The Balaban J connectivity index is 1.64. The Morgan fingerprint density at radius 1 is 1.06 bits per heavy atom. The quantitative estimate of drug-likeness (QED) is 0.441. The van der Waals surface area contributed by atoms with Crippen molar-refractivity contribution in [2.24, 2.45) is 0 Å². The van der Waals surface area contributed by atoms with Gasteiger partial charge in [0.05, 0.1) is 31.4 Å². The first-order chi connectivity index (χ1) is 15.4. The third-order valence-corrected chi connectivity index (χ3v) is 5.97. The highest BCUT2D eigenvalue weighted by Gasteiger charge is 2.21. The van der Waals surface area contributed by atoms with Crippen molar-refractivity contribution in [3.05, 3.63) is 83.8 Å².